The molecule has 1 amide bonds. The van der Waals surface area contributed by atoms with Gasteiger partial charge in [0.05, 0.1) is 30.3 Å². The first-order valence-corrected chi connectivity index (χ1v) is 10.4. The van der Waals surface area contributed by atoms with Crippen LogP contribution in [0.1, 0.15) is 56.9 Å². The summed E-state index contributed by atoms with van der Waals surface area (Å²) in [4.78, 5) is 33.8. The van der Waals surface area contributed by atoms with Gasteiger partial charge in [0, 0.05) is 32.2 Å². The molecule has 10 heteroatoms. The van der Waals surface area contributed by atoms with Gasteiger partial charge in [-0.3, -0.25) is 14.2 Å². The summed E-state index contributed by atoms with van der Waals surface area (Å²) >= 11 is 0. The van der Waals surface area contributed by atoms with Gasteiger partial charge in [0.2, 0.25) is 0 Å². The highest BCUT2D eigenvalue weighted by Gasteiger charge is 2.25. The quantitative estimate of drug-likeness (QED) is 0.738. The Labute approximate surface area is 181 Å². The van der Waals surface area contributed by atoms with Crippen molar-refractivity contribution in [3.63, 3.8) is 0 Å². The van der Waals surface area contributed by atoms with Crippen LogP contribution in [0.5, 0.6) is 0 Å². The fourth-order valence-electron chi connectivity index (χ4n) is 3.62. The molecule has 1 fully saturated rings. The molecule has 172 valence electrons. The van der Waals surface area contributed by atoms with Crippen LogP contribution < -0.4 is 10.5 Å². The number of aromatic nitrogens is 4. The van der Waals surface area contributed by atoms with Gasteiger partial charge in [-0.05, 0) is 47.0 Å². The minimum Gasteiger partial charge on any atom is -0.444 e. The first-order chi connectivity index (χ1) is 14.2. The third kappa shape index (κ3) is 6.05. The van der Waals surface area contributed by atoms with E-state index < -0.39 is 0 Å². The minimum absolute atomic E-state index is 0. The smallest absolute Gasteiger partial charge is 0.410 e. The van der Waals surface area contributed by atoms with E-state index >= 15 is 0 Å². The highest BCUT2D eigenvalue weighted by atomic mass is 19.0. The molecule has 2 aliphatic rings. The summed E-state index contributed by atoms with van der Waals surface area (Å²) in [5, 5.41) is 4.21. The van der Waals surface area contributed by atoms with Crippen LogP contribution >= 0.6 is 0 Å². The fraction of sp³-hybridized carbons (Fsp3) is 0.619. The average Bonchev–Trinajstić information content (AvgIpc) is 3.26. The molecule has 0 aromatic carbocycles. The minimum atomic E-state index is -0.367. The van der Waals surface area contributed by atoms with Crippen molar-refractivity contribution in [2.75, 3.05) is 18.0 Å². The maximum Gasteiger partial charge on any atom is 0.410 e. The molecule has 0 spiro atoms. The molecule has 1 N–H and O–H groups in total. The molecular weight excluding hydrogens is 403 g/mol. The van der Waals surface area contributed by atoms with E-state index in [1.165, 1.54) is 24.0 Å². The Morgan fingerprint density at radius 3 is 2.45 bits per heavy atom. The summed E-state index contributed by atoms with van der Waals surface area (Å²) in [6.45, 7) is 10.7. The van der Waals surface area contributed by atoms with Crippen LogP contribution in [0.2, 0.25) is 0 Å². The molecule has 0 radical (unpaired) electrons. The number of carbonyl (C=O) groups is 1. The van der Waals surface area contributed by atoms with E-state index in [9.17, 15) is 9.59 Å². The summed E-state index contributed by atoms with van der Waals surface area (Å²) in [7, 11) is 1.93. The Morgan fingerprint density at radius 2 is 1.84 bits per heavy atom. The Kier molecular flexibility index (Phi) is 7.80. The van der Waals surface area contributed by atoms with Gasteiger partial charge in [-0.25, -0.2) is 9.78 Å². The maximum atomic E-state index is 11.5. The van der Waals surface area contributed by atoms with E-state index in [0.29, 0.717) is 5.56 Å². The summed E-state index contributed by atoms with van der Waals surface area (Å²) in [5.74, 6) is 0.755. The lowest BCUT2D eigenvalue weighted by Gasteiger charge is -2.29. The number of piperidine rings is 1. The Balaban J connectivity index is 0.000000222. The number of H-pyrrole nitrogens is 1. The van der Waals surface area contributed by atoms with E-state index in [1.807, 2.05) is 38.7 Å². The number of aromatic amines is 1. The molecule has 2 aromatic heterocycles. The molecule has 4 rings (SSSR count). The molecule has 0 bridgehead atoms. The highest BCUT2D eigenvalue weighted by molar-refractivity contribution is 5.68. The van der Waals surface area contributed by atoms with Gasteiger partial charge in [0.1, 0.15) is 11.4 Å². The second kappa shape index (κ2) is 9.93. The van der Waals surface area contributed by atoms with Crippen LogP contribution in [0.3, 0.4) is 0 Å². The first-order valence-electron chi connectivity index (χ1n) is 10.4. The highest BCUT2D eigenvalue weighted by Crippen LogP contribution is 2.26. The van der Waals surface area contributed by atoms with Crippen LogP contribution in [0, 0.1) is 6.92 Å². The zero-order valence-electron chi connectivity index (χ0n) is 19.0. The topological polar surface area (TPSA) is 96.3 Å². The van der Waals surface area contributed by atoms with Crippen LogP contribution in [0.25, 0.3) is 0 Å². The predicted octanol–water partition coefficient (Wildman–Crippen LogP) is 2.89. The summed E-state index contributed by atoms with van der Waals surface area (Å²) in [6, 6.07) is 0. The van der Waals surface area contributed by atoms with Gasteiger partial charge >= 0.3 is 6.09 Å². The molecule has 31 heavy (non-hydrogen) atoms. The number of hydrogen-bond donors (Lipinski definition) is 1. The van der Waals surface area contributed by atoms with E-state index in [2.05, 4.69) is 20.0 Å². The molecule has 0 saturated carbocycles. The van der Waals surface area contributed by atoms with Gasteiger partial charge in [-0.15, -0.1) is 0 Å². The normalized spacial score (nSPS) is 15.5. The molecule has 2 aliphatic heterocycles. The van der Waals surface area contributed by atoms with Crippen molar-refractivity contribution in [3.05, 3.63) is 39.7 Å². The molecular formula is C21H33FN6O3. The standard InChI is InChI=1S/C11H13N5O.C10H19NO2.FH/c1-7-10(12-6-13-11(7)17)16-4-8-3-14-15(2)9(8)5-16;1-10(2,3)13-9(12)11-7-5-4-6-8-11;/h3,6H,4-5H2,1-2H3,(H,12,13,17);4-8H2,1-3H3;1H. The number of fused-ring (bicyclic) bond motifs is 1. The average molecular weight is 437 g/mol. The molecule has 9 nitrogen and oxygen atoms in total. The number of amides is 1. The summed E-state index contributed by atoms with van der Waals surface area (Å²) in [6.07, 6.45) is 6.62. The number of carbonyl (C=O) groups excluding carboxylic acids is 1. The lowest BCUT2D eigenvalue weighted by molar-refractivity contribution is 0.0216. The number of nitrogens with one attached hydrogen (secondary N) is 1. The number of ether oxygens (including phenoxy) is 1. The number of nitrogens with zero attached hydrogens (tertiary/aromatic N) is 5. The first kappa shape index (κ1) is 24.4. The SMILES string of the molecule is CC(C)(C)OC(=O)N1CCCCC1.Cc1c(N2Cc3cnn(C)c3C2)nc[nH]c1=O.F. The van der Waals surface area contributed by atoms with Gasteiger partial charge in [0.25, 0.3) is 5.56 Å². The molecule has 0 unspecified atom stereocenters. The third-order valence-electron chi connectivity index (χ3n) is 5.22. The van der Waals surface area contributed by atoms with Crippen molar-refractivity contribution in [1.29, 1.82) is 0 Å². The fourth-order valence-corrected chi connectivity index (χ4v) is 3.62. The van der Waals surface area contributed by atoms with Gasteiger partial charge in [-0.2, -0.15) is 5.10 Å². The van der Waals surface area contributed by atoms with Crippen molar-refractivity contribution in [1.82, 2.24) is 24.6 Å². The van der Waals surface area contributed by atoms with E-state index in [1.54, 1.807) is 11.8 Å². The van der Waals surface area contributed by atoms with Gasteiger partial charge in [0.15, 0.2) is 0 Å². The van der Waals surface area contributed by atoms with Crippen molar-refractivity contribution in [3.8, 4) is 0 Å². The van der Waals surface area contributed by atoms with E-state index in [-0.39, 0.29) is 22.0 Å². The number of likely N-dealkylation sites (tertiary alicyclic amines) is 1. The second-order valence-corrected chi connectivity index (χ2v) is 8.80. The van der Waals surface area contributed by atoms with E-state index in [0.717, 1.165) is 44.8 Å². The summed E-state index contributed by atoms with van der Waals surface area (Å²) < 4.78 is 7.14. The van der Waals surface area contributed by atoms with Gasteiger partial charge in [-0.1, -0.05) is 0 Å². The lowest BCUT2D eigenvalue weighted by Crippen LogP contribution is -2.39. The second-order valence-electron chi connectivity index (χ2n) is 8.80. The van der Waals surface area contributed by atoms with Crippen LogP contribution in [0.15, 0.2) is 17.3 Å². The Morgan fingerprint density at radius 1 is 1.16 bits per heavy atom. The maximum absolute atomic E-state index is 11.5. The van der Waals surface area contributed by atoms with Crippen LogP contribution in [-0.2, 0) is 24.9 Å². The lowest BCUT2D eigenvalue weighted by atomic mass is 10.1. The molecule has 0 aliphatic carbocycles. The van der Waals surface area contributed by atoms with Gasteiger partial charge < -0.3 is 19.5 Å². The van der Waals surface area contributed by atoms with Crippen molar-refractivity contribution < 1.29 is 14.2 Å². The van der Waals surface area contributed by atoms with Crippen molar-refractivity contribution in [2.24, 2.45) is 7.05 Å². The molecule has 4 heterocycles. The van der Waals surface area contributed by atoms with E-state index in [4.69, 9.17) is 4.74 Å². The Hall–Kier alpha value is -2.91. The molecule has 1 saturated heterocycles. The number of rotatable bonds is 1. The van der Waals surface area contributed by atoms with Crippen LogP contribution in [0.4, 0.5) is 15.3 Å². The predicted molar refractivity (Wildman–Crippen MR) is 117 cm³/mol. The zero-order chi connectivity index (χ0) is 21.9. The van der Waals surface area contributed by atoms with Crippen molar-refractivity contribution >= 4 is 11.9 Å². The third-order valence-corrected chi connectivity index (χ3v) is 5.22. The largest absolute Gasteiger partial charge is 0.444 e. The molecule has 2 aromatic rings. The number of halogens is 1. The number of hydrogen-bond acceptors (Lipinski definition) is 6. The van der Waals surface area contributed by atoms with Crippen molar-refractivity contribution in [2.45, 2.75) is 65.6 Å². The molecule has 0 atom stereocenters. The Bertz CT molecular complexity index is 943. The summed E-state index contributed by atoms with van der Waals surface area (Å²) in [5.41, 5.74) is 2.60. The van der Waals surface area contributed by atoms with Crippen LogP contribution in [-0.4, -0.2) is 49.4 Å². The number of aryl methyl sites for hydroxylation is 1. The number of anilines is 1. The zero-order valence-corrected chi connectivity index (χ0v) is 19.0. The monoisotopic (exact) mass is 436 g/mol.